The second-order valence-corrected chi connectivity index (χ2v) is 5.28. The third kappa shape index (κ3) is 4.45. The number of ether oxygens (including phenoxy) is 2. The van der Waals surface area contributed by atoms with Crippen molar-refractivity contribution in [2.75, 3.05) is 33.9 Å². The van der Waals surface area contributed by atoms with Crippen molar-refractivity contribution in [2.24, 2.45) is 5.92 Å². The van der Waals surface area contributed by atoms with Crippen LogP contribution in [-0.4, -0.2) is 62.8 Å². The van der Waals surface area contributed by atoms with Crippen LogP contribution < -0.4 is 5.32 Å². The fourth-order valence-corrected chi connectivity index (χ4v) is 2.28. The minimum absolute atomic E-state index is 0.0247. The minimum Gasteiger partial charge on any atom is -0.382 e. The fraction of sp³-hybridized carbons (Fsp3) is 0.857. The minimum atomic E-state index is -0.435. The molecule has 2 amide bonds. The van der Waals surface area contributed by atoms with Crippen LogP contribution in [-0.2, 0) is 19.1 Å². The van der Waals surface area contributed by atoms with Gasteiger partial charge in [-0.25, -0.2) is 0 Å². The number of hydrogen-bond acceptors (Lipinski definition) is 4. The Bertz CT molecular complexity index is 335. The van der Waals surface area contributed by atoms with Crippen LogP contribution in [0.25, 0.3) is 0 Å². The van der Waals surface area contributed by atoms with Gasteiger partial charge in [0.2, 0.25) is 11.8 Å². The Hall–Kier alpha value is -1.14. The lowest BCUT2D eigenvalue weighted by atomic mass is 9.98. The molecule has 20 heavy (non-hydrogen) atoms. The predicted octanol–water partition coefficient (Wildman–Crippen LogP) is 0.411. The van der Waals surface area contributed by atoms with E-state index < -0.39 is 6.04 Å². The first-order valence-electron chi connectivity index (χ1n) is 7.13. The average molecular weight is 286 g/mol. The molecule has 1 fully saturated rings. The van der Waals surface area contributed by atoms with Crippen molar-refractivity contribution in [2.45, 2.75) is 38.8 Å². The summed E-state index contributed by atoms with van der Waals surface area (Å²) < 4.78 is 10.4. The van der Waals surface area contributed by atoms with Crippen LogP contribution in [0, 0.1) is 5.92 Å². The molecule has 1 saturated heterocycles. The fourth-order valence-electron chi connectivity index (χ4n) is 2.28. The Kier molecular flexibility index (Phi) is 6.95. The average Bonchev–Trinajstić information content (AvgIpc) is 2.58. The summed E-state index contributed by atoms with van der Waals surface area (Å²) in [6.45, 7) is 5.30. The van der Waals surface area contributed by atoms with E-state index in [9.17, 15) is 9.59 Å². The van der Waals surface area contributed by atoms with Crippen molar-refractivity contribution in [3.05, 3.63) is 0 Å². The van der Waals surface area contributed by atoms with Gasteiger partial charge >= 0.3 is 0 Å². The molecule has 1 rings (SSSR count). The van der Waals surface area contributed by atoms with Crippen LogP contribution >= 0.6 is 0 Å². The van der Waals surface area contributed by atoms with E-state index in [1.807, 2.05) is 13.8 Å². The van der Waals surface area contributed by atoms with E-state index in [1.165, 1.54) is 0 Å². The van der Waals surface area contributed by atoms with E-state index >= 15 is 0 Å². The monoisotopic (exact) mass is 286 g/mol. The van der Waals surface area contributed by atoms with Crippen molar-refractivity contribution in [3.63, 3.8) is 0 Å². The molecular weight excluding hydrogens is 260 g/mol. The summed E-state index contributed by atoms with van der Waals surface area (Å²) in [7, 11) is 3.20. The Labute approximate surface area is 120 Å². The Balaban J connectivity index is 2.78. The highest BCUT2D eigenvalue weighted by Crippen LogP contribution is 2.15. The molecule has 0 aromatic heterocycles. The Morgan fingerprint density at radius 1 is 1.40 bits per heavy atom. The number of carbonyl (C=O) groups excluding carboxylic acids is 2. The maximum Gasteiger partial charge on any atom is 0.245 e. The van der Waals surface area contributed by atoms with Crippen molar-refractivity contribution >= 4 is 11.8 Å². The van der Waals surface area contributed by atoms with Crippen molar-refractivity contribution < 1.29 is 19.1 Å². The van der Waals surface area contributed by atoms with Crippen molar-refractivity contribution in [1.29, 1.82) is 0 Å². The first-order valence-corrected chi connectivity index (χ1v) is 7.13. The zero-order valence-electron chi connectivity index (χ0n) is 12.8. The number of rotatable bonds is 7. The molecule has 1 heterocycles. The second-order valence-electron chi connectivity index (χ2n) is 5.28. The summed E-state index contributed by atoms with van der Waals surface area (Å²) in [5.41, 5.74) is 0. The molecule has 1 N–H and O–H groups in total. The van der Waals surface area contributed by atoms with Gasteiger partial charge in [-0.15, -0.1) is 0 Å². The van der Waals surface area contributed by atoms with Crippen LogP contribution in [0.15, 0.2) is 0 Å². The van der Waals surface area contributed by atoms with E-state index in [0.29, 0.717) is 26.1 Å². The zero-order chi connectivity index (χ0) is 15.1. The van der Waals surface area contributed by atoms with E-state index in [1.54, 1.807) is 19.1 Å². The molecule has 1 aliphatic rings. The normalized spacial score (nSPS) is 23.2. The molecule has 1 aliphatic heterocycles. The molecule has 0 aromatic rings. The number of nitrogens with one attached hydrogen (secondary N) is 1. The molecule has 0 aliphatic carbocycles. The first kappa shape index (κ1) is 16.9. The molecule has 0 saturated carbocycles. The van der Waals surface area contributed by atoms with Crippen LogP contribution in [0.1, 0.15) is 26.7 Å². The van der Waals surface area contributed by atoms with Gasteiger partial charge in [0.15, 0.2) is 0 Å². The van der Waals surface area contributed by atoms with Gasteiger partial charge in [0.1, 0.15) is 6.04 Å². The molecule has 6 heteroatoms. The highest BCUT2D eigenvalue weighted by Gasteiger charge is 2.33. The lowest BCUT2D eigenvalue weighted by molar-refractivity contribution is -0.136. The summed E-state index contributed by atoms with van der Waals surface area (Å²) >= 11 is 0. The number of nitrogens with zero attached hydrogens (tertiary/aromatic N) is 1. The molecule has 0 radical (unpaired) electrons. The van der Waals surface area contributed by atoms with Gasteiger partial charge in [-0.3, -0.25) is 9.59 Å². The smallest absolute Gasteiger partial charge is 0.245 e. The maximum atomic E-state index is 12.6. The lowest BCUT2D eigenvalue weighted by Crippen LogP contribution is -2.50. The Morgan fingerprint density at radius 2 is 2.10 bits per heavy atom. The highest BCUT2D eigenvalue weighted by molar-refractivity contribution is 5.90. The molecule has 116 valence electrons. The summed E-state index contributed by atoms with van der Waals surface area (Å²) in [6, 6.07) is -0.435. The van der Waals surface area contributed by atoms with Crippen LogP contribution in [0.2, 0.25) is 0 Å². The number of carbonyl (C=O) groups is 2. The standard InChI is InChI=1S/C14H26N2O4/c1-5-10(2)13-14(18)16(7-6-12(17)15-13)8-11(20-4)9-19-3/h10-11,13H,5-9H2,1-4H3,(H,15,17). The second kappa shape index (κ2) is 8.21. The summed E-state index contributed by atoms with van der Waals surface area (Å²) in [4.78, 5) is 26.0. The van der Waals surface area contributed by atoms with Gasteiger partial charge in [0.05, 0.1) is 12.7 Å². The molecule has 6 nitrogen and oxygen atoms in total. The predicted molar refractivity (Wildman–Crippen MR) is 75.3 cm³/mol. The maximum absolute atomic E-state index is 12.6. The van der Waals surface area contributed by atoms with Crippen LogP contribution in [0.5, 0.6) is 0 Å². The highest BCUT2D eigenvalue weighted by atomic mass is 16.5. The number of hydrogen-bond donors (Lipinski definition) is 1. The summed E-state index contributed by atoms with van der Waals surface area (Å²) in [6.07, 6.45) is 1.01. The SMILES string of the molecule is CCC(C)C1NC(=O)CCN(CC(COC)OC)C1=O. The van der Waals surface area contributed by atoms with E-state index in [4.69, 9.17) is 9.47 Å². The van der Waals surface area contributed by atoms with Gasteiger partial charge in [0.25, 0.3) is 0 Å². The first-order chi connectivity index (χ1) is 9.53. The van der Waals surface area contributed by atoms with E-state index in [2.05, 4.69) is 5.32 Å². The molecule has 3 unspecified atom stereocenters. The van der Waals surface area contributed by atoms with Gasteiger partial charge in [-0.2, -0.15) is 0 Å². The van der Waals surface area contributed by atoms with Gasteiger partial charge < -0.3 is 19.7 Å². The molecule has 0 aromatic carbocycles. The van der Waals surface area contributed by atoms with Gasteiger partial charge in [-0.1, -0.05) is 20.3 Å². The summed E-state index contributed by atoms with van der Waals surface area (Å²) in [5, 5.41) is 2.83. The molecule has 3 atom stereocenters. The lowest BCUT2D eigenvalue weighted by Gasteiger charge is -2.29. The van der Waals surface area contributed by atoms with E-state index in [-0.39, 0.29) is 23.8 Å². The topological polar surface area (TPSA) is 67.9 Å². The van der Waals surface area contributed by atoms with Crippen molar-refractivity contribution in [1.82, 2.24) is 10.2 Å². The molecule has 0 spiro atoms. The zero-order valence-corrected chi connectivity index (χ0v) is 12.8. The molecular formula is C14H26N2O4. The summed E-state index contributed by atoms with van der Waals surface area (Å²) in [5.74, 6) is 0.0330. The third-order valence-electron chi connectivity index (χ3n) is 3.83. The van der Waals surface area contributed by atoms with Gasteiger partial charge in [-0.05, 0) is 5.92 Å². The van der Waals surface area contributed by atoms with Gasteiger partial charge in [0, 0.05) is 33.7 Å². The largest absolute Gasteiger partial charge is 0.382 e. The number of methoxy groups -OCH3 is 2. The van der Waals surface area contributed by atoms with Crippen LogP contribution in [0.4, 0.5) is 0 Å². The molecule has 0 bridgehead atoms. The van der Waals surface area contributed by atoms with Crippen LogP contribution in [0.3, 0.4) is 0 Å². The Morgan fingerprint density at radius 3 is 2.65 bits per heavy atom. The number of amides is 2. The van der Waals surface area contributed by atoms with E-state index in [0.717, 1.165) is 6.42 Å². The quantitative estimate of drug-likeness (QED) is 0.736. The third-order valence-corrected chi connectivity index (χ3v) is 3.83. The van der Waals surface area contributed by atoms with Crippen molar-refractivity contribution in [3.8, 4) is 0 Å².